The molecule has 3 nitrogen and oxygen atoms in total. The Hall–Kier alpha value is -0.570. The first-order chi connectivity index (χ1) is 6.66. The van der Waals surface area contributed by atoms with E-state index in [1.54, 1.807) is 0 Å². The van der Waals surface area contributed by atoms with Crippen LogP contribution in [0.1, 0.15) is 32.6 Å². The van der Waals surface area contributed by atoms with Crippen LogP contribution < -0.4 is 5.73 Å². The van der Waals surface area contributed by atoms with Crippen molar-refractivity contribution in [1.82, 2.24) is 4.90 Å². The summed E-state index contributed by atoms with van der Waals surface area (Å²) in [5, 5.41) is 0. The van der Waals surface area contributed by atoms with E-state index in [0.717, 1.165) is 18.8 Å². The Morgan fingerprint density at radius 1 is 1.29 bits per heavy atom. The van der Waals surface area contributed by atoms with Gasteiger partial charge in [0.2, 0.25) is 5.91 Å². The number of nitrogens with two attached hydrogens (primary N) is 1. The Balaban J connectivity index is 1.74. The second kappa shape index (κ2) is 3.89. The fraction of sp³-hybridized carbons (Fsp3) is 0.909. The summed E-state index contributed by atoms with van der Waals surface area (Å²) in [4.78, 5) is 13.4. The second-order valence-electron chi connectivity index (χ2n) is 4.94. The number of piperidine rings is 1. The van der Waals surface area contributed by atoms with Crippen LogP contribution in [0, 0.1) is 11.8 Å². The summed E-state index contributed by atoms with van der Waals surface area (Å²) >= 11 is 0. The monoisotopic (exact) mass is 196 g/mol. The van der Waals surface area contributed by atoms with Crippen LogP contribution >= 0.6 is 0 Å². The van der Waals surface area contributed by atoms with E-state index in [4.69, 9.17) is 5.73 Å². The number of likely N-dealkylation sites (tertiary alicyclic amines) is 1. The minimum atomic E-state index is -0.105. The molecule has 0 spiro atoms. The van der Waals surface area contributed by atoms with Gasteiger partial charge in [0.25, 0.3) is 0 Å². The first-order valence-electron chi connectivity index (χ1n) is 5.70. The van der Waals surface area contributed by atoms with Crippen LogP contribution in [0.5, 0.6) is 0 Å². The molecule has 0 unspecified atom stereocenters. The van der Waals surface area contributed by atoms with Gasteiger partial charge in [0, 0.05) is 12.0 Å². The quantitative estimate of drug-likeness (QED) is 0.715. The molecule has 0 aromatic heterocycles. The highest BCUT2D eigenvalue weighted by Crippen LogP contribution is 2.33. The van der Waals surface area contributed by atoms with Gasteiger partial charge in [-0.25, -0.2) is 0 Å². The highest BCUT2D eigenvalue weighted by atomic mass is 16.1. The fourth-order valence-electron chi connectivity index (χ4n) is 2.51. The number of carbonyl (C=O) groups is 1. The lowest BCUT2D eigenvalue weighted by Gasteiger charge is -2.44. The van der Waals surface area contributed by atoms with Crippen molar-refractivity contribution in [3.05, 3.63) is 0 Å². The highest BCUT2D eigenvalue weighted by molar-refractivity contribution is 5.77. The Morgan fingerprint density at radius 2 is 1.86 bits per heavy atom. The number of hydrogen-bond donors (Lipinski definition) is 1. The third kappa shape index (κ3) is 1.92. The first-order valence-corrected chi connectivity index (χ1v) is 5.70. The smallest absolute Gasteiger partial charge is 0.220 e. The van der Waals surface area contributed by atoms with Crippen LogP contribution in [-0.4, -0.2) is 29.9 Å². The van der Waals surface area contributed by atoms with Gasteiger partial charge in [0.15, 0.2) is 0 Å². The highest BCUT2D eigenvalue weighted by Gasteiger charge is 2.37. The molecule has 80 valence electrons. The van der Waals surface area contributed by atoms with Gasteiger partial charge >= 0.3 is 0 Å². The van der Waals surface area contributed by atoms with E-state index in [1.165, 1.54) is 25.9 Å². The number of primary amides is 1. The summed E-state index contributed by atoms with van der Waals surface area (Å²) in [5.41, 5.74) is 5.25. The van der Waals surface area contributed by atoms with Gasteiger partial charge in [-0.2, -0.15) is 0 Å². The van der Waals surface area contributed by atoms with Crippen molar-refractivity contribution in [3.63, 3.8) is 0 Å². The van der Waals surface area contributed by atoms with Crippen LogP contribution in [0.3, 0.4) is 0 Å². The van der Waals surface area contributed by atoms with Crippen LogP contribution in [0.2, 0.25) is 0 Å². The third-order valence-electron chi connectivity index (χ3n) is 3.85. The summed E-state index contributed by atoms with van der Waals surface area (Å²) in [6.45, 7) is 4.76. The van der Waals surface area contributed by atoms with Crippen molar-refractivity contribution < 1.29 is 4.79 Å². The molecule has 0 atom stereocenters. The van der Waals surface area contributed by atoms with Gasteiger partial charge in [-0.05, 0) is 44.7 Å². The fourth-order valence-corrected chi connectivity index (χ4v) is 2.51. The summed E-state index contributed by atoms with van der Waals surface area (Å²) in [6.07, 6.45) is 4.64. The molecule has 14 heavy (non-hydrogen) atoms. The van der Waals surface area contributed by atoms with Crippen LogP contribution in [0.25, 0.3) is 0 Å². The standard InChI is InChI=1S/C11H20N2O/c1-8-2-4-13(5-3-8)10-6-9(7-10)11(12)14/h8-10H,2-7H2,1H3,(H2,12,14). The van der Waals surface area contributed by atoms with Gasteiger partial charge in [0.1, 0.15) is 0 Å². The Bertz CT molecular complexity index is 215. The average molecular weight is 196 g/mol. The maximum Gasteiger partial charge on any atom is 0.220 e. The Morgan fingerprint density at radius 3 is 2.36 bits per heavy atom. The maximum absolute atomic E-state index is 10.9. The minimum Gasteiger partial charge on any atom is -0.369 e. The molecular weight excluding hydrogens is 176 g/mol. The zero-order valence-electron chi connectivity index (χ0n) is 8.91. The predicted octanol–water partition coefficient (Wildman–Crippen LogP) is 0.982. The lowest BCUT2D eigenvalue weighted by atomic mass is 9.78. The Labute approximate surface area is 85.6 Å². The van der Waals surface area contributed by atoms with Gasteiger partial charge in [-0.1, -0.05) is 6.92 Å². The number of nitrogens with zero attached hydrogens (tertiary/aromatic N) is 1. The third-order valence-corrected chi connectivity index (χ3v) is 3.85. The topological polar surface area (TPSA) is 46.3 Å². The van der Waals surface area contributed by atoms with E-state index in [9.17, 15) is 4.79 Å². The molecule has 1 saturated carbocycles. The SMILES string of the molecule is CC1CCN(C2CC(C(N)=O)C2)CC1. The zero-order valence-corrected chi connectivity index (χ0v) is 8.91. The number of carbonyl (C=O) groups excluding carboxylic acids is 1. The zero-order chi connectivity index (χ0) is 10.1. The molecule has 0 radical (unpaired) electrons. The molecule has 0 bridgehead atoms. The van der Waals surface area contributed by atoms with Gasteiger partial charge in [-0.3, -0.25) is 4.79 Å². The van der Waals surface area contributed by atoms with Crippen molar-refractivity contribution >= 4 is 5.91 Å². The number of amides is 1. The van der Waals surface area contributed by atoms with E-state index in [2.05, 4.69) is 11.8 Å². The van der Waals surface area contributed by atoms with Crippen LogP contribution in [-0.2, 0) is 4.79 Å². The van der Waals surface area contributed by atoms with Crippen molar-refractivity contribution in [2.24, 2.45) is 17.6 Å². The normalized spacial score (nSPS) is 35.2. The Kier molecular flexibility index (Phi) is 2.77. The van der Waals surface area contributed by atoms with Crippen LogP contribution in [0.4, 0.5) is 0 Å². The first kappa shape index (κ1) is 9.97. The summed E-state index contributed by atoms with van der Waals surface area (Å²) in [6, 6.07) is 0.653. The molecule has 0 aromatic carbocycles. The molecular formula is C11H20N2O. The van der Waals surface area contributed by atoms with Crippen LogP contribution in [0.15, 0.2) is 0 Å². The van der Waals surface area contributed by atoms with Gasteiger partial charge in [-0.15, -0.1) is 0 Å². The molecule has 2 aliphatic rings. The van der Waals surface area contributed by atoms with Crippen molar-refractivity contribution in [1.29, 1.82) is 0 Å². The molecule has 1 heterocycles. The second-order valence-corrected chi connectivity index (χ2v) is 4.94. The lowest BCUT2D eigenvalue weighted by molar-refractivity contribution is -0.126. The molecule has 1 aliphatic heterocycles. The van der Waals surface area contributed by atoms with Gasteiger partial charge in [0.05, 0.1) is 0 Å². The van der Waals surface area contributed by atoms with E-state index < -0.39 is 0 Å². The molecule has 1 saturated heterocycles. The van der Waals surface area contributed by atoms with E-state index in [-0.39, 0.29) is 11.8 Å². The molecule has 1 amide bonds. The number of hydrogen-bond acceptors (Lipinski definition) is 2. The molecule has 1 aliphatic carbocycles. The molecule has 3 heteroatoms. The van der Waals surface area contributed by atoms with E-state index in [1.807, 2.05) is 0 Å². The van der Waals surface area contributed by atoms with Crippen molar-refractivity contribution in [2.45, 2.75) is 38.6 Å². The molecule has 0 aromatic rings. The summed E-state index contributed by atoms with van der Waals surface area (Å²) in [5.74, 6) is 0.948. The average Bonchev–Trinajstić information content (AvgIpc) is 2.05. The molecule has 2 N–H and O–H groups in total. The minimum absolute atomic E-state index is 0.105. The molecule has 2 rings (SSSR count). The van der Waals surface area contributed by atoms with Crippen molar-refractivity contribution in [3.8, 4) is 0 Å². The maximum atomic E-state index is 10.9. The van der Waals surface area contributed by atoms with E-state index >= 15 is 0 Å². The van der Waals surface area contributed by atoms with Crippen molar-refractivity contribution in [2.75, 3.05) is 13.1 Å². The summed E-state index contributed by atoms with van der Waals surface area (Å²) in [7, 11) is 0. The summed E-state index contributed by atoms with van der Waals surface area (Å²) < 4.78 is 0. The predicted molar refractivity (Wildman–Crippen MR) is 55.7 cm³/mol. The number of rotatable bonds is 2. The largest absolute Gasteiger partial charge is 0.369 e. The molecule has 2 fully saturated rings. The van der Waals surface area contributed by atoms with Gasteiger partial charge < -0.3 is 10.6 Å². The lowest BCUT2D eigenvalue weighted by Crippen LogP contribution is -2.50. The van der Waals surface area contributed by atoms with E-state index in [0.29, 0.717) is 6.04 Å².